The Kier molecular flexibility index (Phi) is 4.52. The van der Waals surface area contributed by atoms with Crippen molar-refractivity contribution in [1.29, 1.82) is 0 Å². The van der Waals surface area contributed by atoms with Crippen LogP contribution in [0, 0.1) is 0 Å². The summed E-state index contributed by atoms with van der Waals surface area (Å²) in [5, 5.41) is 11.3. The molecule has 0 saturated heterocycles. The fraction of sp³-hybridized carbons (Fsp3) is 0.222. The molecule has 0 aliphatic carbocycles. The highest BCUT2D eigenvalue weighted by atomic mass is 35.5. The molecular weight excluding hydrogens is 235 g/mol. The van der Waals surface area contributed by atoms with E-state index in [-0.39, 0.29) is 10.2 Å². The van der Waals surface area contributed by atoms with E-state index >= 15 is 0 Å². The lowest BCUT2D eigenvalue weighted by molar-refractivity contribution is 0.819. The molecule has 0 radical (unpaired) electrons. The first-order valence-electron chi connectivity index (χ1n) is 4.21. The Morgan fingerprint density at radius 2 is 1.73 bits per heavy atom. The van der Waals surface area contributed by atoms with Crippen LogP contribution in [0.4, 0.5) is 5.82 Å². The molecule has 6 heteroatoms. The molecule has 4 nitrogen and oxygen atoms in total. The first-order valence-corrected chi connectivity index (χ1v) is 4.97. The summed E-state index contributed by atoms with van der Waals surface area (Å²) in [5.74, 6) is 0.483. The van der Waals surface area contributed by atoms with Crippen LogP contribution in [0.15, 0.2) is 25.3 Å². The van der Waals surface area contributed by atoms with E-state index in [0.29, 0.717) is 18.9 Å². The highest BCUT2D eigenvalue weighted by Crippen LogP contribution is 2.27. The average Bonchev–Trinajstić information content (AvgIpc) is 2.22. The largest absolute Gasteiger partial charge is 0.346 e. The minimum atomic E-state index is 0.139. The number of nitrogens with zero attached hydrogens (tertiary/aromatic N) is 4. The zero-order chi connectivity index (χ0) is 11.3. The van der Waals surface area contributed by atoms with Gasteiger partial charge < -0.3 is 4.90 Å². The monoisotopic (exact) mass is 244 g/mol. The molecule has 1 aromatic heterocycles. The summed E-state index contributed by atoms with van der Waals surface area (Å²) in [6.45, 7) is 8.46. The standard InChI is InChI=1S/C9H10Cl2N4/c1-3-5-15(6-4-2)9-7(10)8(11)12-14-13-9/h3-4H,1-2,5-6H2. The summed E-state index contributed by atoms with van der Waals surface area (Å²) in [5.41, 5.74) is 0. The molecule has 0 aromatic carbocycles. The Bertz CT molecular complexity index is 357. The van der Waals surface area contributed by atoms with E-state index in [9.17, 15) is 0 Å². The van der Waals surface area contributed by atoms with Crippen LogP contribution < -0.4 is 4.90 Å². The highest BCUT2D eigenvalue weighted by molar-refractivity contribution is 6.42. The normalized spacial score (nSPS) is 9.73. The third kappa shape index (κ3) is 2.91. The van der Waals surface area contributed by atoms with Crippen LogP contribution >= 0.6 is 23.2 Å². The van der Waals surface area contributed by atoms with Gasteiger partial charge in [-0.05, 0) is 5.21 Å². The van der Waals surface area contributed by atoms with Crippen molar-refractivity contribution < 1.29 is 0 Å². The molecule has 0 amide bonds. The van der Waals surface area contributed by atoms with E-state index in [2.05, 4.69) is 28.6 Å². The molecule has 1 aromatic rings. The van der Waals surface area contributed by atoms with E-state index in [1.807, 2.05) is 4.90 Å². The van der Waals surface area contributed by atoms with E-state index in [4.69, 9.17) is 23.2 Å². The van der Waals surface area contributed by atoms with Gasteiger partial charge in [0.25, 0.3) is 0 Å². The van der Waals surface area contributed by atoms with E-state index < -0.39 is 0 Å². The van der Waals surface area contributed by atoms with Crippen LogP contribution in [0.25, 0.3) is 0 Å². The second kappa shape index (κ2) is 5.68. The van der Waals surface area contributed by atoms with E-state index in [1.54, 1.807) is 12.2 Å². The lowest BCUT2D eigenvalue weighted by Gasteiger charge is -2.20. The summed E-state index contributed by atoms with van der Waals surface area (Å²) in [6, 6.07) is 0. The van der Waals surface area contributed by atoms with Gasteiger partial charge in [-0.25, -0.2) is 0 Å². The number of halogens is 2. The maximum Gasteiger partial charge on any atom is 0.175 e. The second-order valence-corrected chi connectivity index (χ2v) is 3.44. The molecule has 0 saturated carbocycles. The van der Waals surface area contributed by atoms with Gasteiger partial charge in [0.05, 0.1) is 0 Å². The van der Waals surface area contributed by atoms with Gasteiger partial charge in [0, 0.05) is 13.1 Å². The Morgan fingerprint density at radius 1 is 1.13 bits per heavy atom. The predicted octanol–water partition coefficient (Wildman–Crippen LogP) is 2.36. The third-order valence-electron chi connectivity index (χ3n) is 1.65. The SMILES string of the molecule is C=CCN(CC=C)c1nnnc(Cl)c1Cl. The fourth-order valence-electron chi connectivity index (χ4n) is 1.05. The van der Waals surface area contributed by atoms with Crippen molar-refractivity contribution in [3.05, 3.63) is 35.5 Å². The molecule has 1 heterocycles. The molecule has 0 fully saturated rings. The molecule has 0 N–H and O–H groups in total. The van der Waals surface area contributed by atoms with Crippen molar-refractivity contribution in [2.45, 2.75) is 0 Å². The number of anilines is 1. The van der Waals surface area contributed by atoms with Crippen LogP contribution in [-0.4, -0.2) is 28.5 Å². The van der Waals surface area contributed by atoms with Gasteiger partial charge in [0.2, 0.25) is 0 Å². The predicted molar refractivity (Wildman–Crippen MR) is 62.5 cm³/mol. The average molecular weight is 245 g/mol. The van der Waals surface area contributed by atoms with Crippen LogP contribution in [0.1, 0.15) is 0 Å². The summed E-state index contributed by atoms with van der Waals surface area (Å²) in [4.78, 5) is 1.84. The Balaban J connectivity index is 3.04. The molecule has 0 bridgehead atoms. The Hall–Kier alpha value is -1.13. The van der Waals surface area contributed by atoms with Gasteiger partial charge in [-0.15, -0.1) is 23.4 Å². The molecule has 80 valence electrons. The Labute approximate surface area is 98.2 Å². The minimum Gasteiger partial charge on any atom is -0.346 e. The number of aromatic nitrogens is 3. The van der Waals surface area contributed by atoms with Gasteiger partial charge in [0.15, 0.2) is 11.0 Å². The van der Waals surface area contributed by atoms with Crippen LogP contribution in [-0.2, 0) is 0 Å². The van der Waals surface area contributed by atoms with Crippen molar-refractivity contribution in [1.82, 2.24) is 15.4 Å². The zero-order valence-electron chi connectivity index (χ0n) is 8.03. The minimum absolute atomic E-state index is 0.139. The molecule has 15 heavy (non-hydrogen) atoms. The van der Waals surface area contributed by atoms with Crippen molar-refractivity contribution in [2.75, 3.05) is 18.0 Å². The van der Waals surface area contributed by atoms with Gasteiger partial charge >= 0.3 is 0 Å². The number of hydrogen-bond donors (Lipinski definition) is 0. The lowest BCUT2D eigenvalue weighted by Crippen LogP contribution is -2.25. The highest BCUT2D eigenvalue weighted by Gasteiger charge is 2.13. The van der Waals surface area contributed by atoms with Crippen molar-refractivity contribution in [3.8, 4) is 0 Å². The van der Waals surface area contributed by atoms with Crippen molar-refractivity contribution >= 4 is 29.0 Å². The summed E-state index contributed by atoms with van der Waals surface area (Å²) < 4.78 is 0. The Morgan fingerprint density at radius 3 is 2.27 bits per heavy atom. The first-order chi connectivity index (χ1) is 7.20. The maximum absolute atomic E-state index is 5.95. The molecule has 0 atom stereocenters. The van der Waals surface area contributed by atoms with E-state index in [0.717, 1.165) is 0 Å². The quantitative estimate of drug-likeness (QED) is 0.747. The summed E-state index contributed by atoms with van der Waals surface area (Å²) >= 11 is 11.7. The van der Waals surface area contributed by atoms with Crippen LogP contribution in [0.2, 0.25) is 10.2 Å². The second-order valence-electron chi connectivity index (χ2n) is 2.70. The van der Waals surface area contributed by atoms with Gasteiger partial charge in [-0.1, -0.05) is 35.4 Å². The molecule has 1 rings (SSSR count). The summed E-state index contributed by atoms with van der Waals surface area (Å²) in [7, 11) is 0. The van der Waals surface area contributed by atoms with Crippen LogP contribution in [0.5, 0.6) is 0 Å². The molecule has 0 spiro atoms. The third-order valence-corrected chi connectivity index (χ3v) is 2.36. The summed E-state index contributed by atoms with van der Waals surface area (Å²) in [6.07, 6.45) is 3.46. The topological polar surface area (TPSA) is 41.9 Å². The molecule has 0 aliphatic heterocycles. The van der Waals surface area contributed by atoms with E-state index in [1.165, 1.54) is 0 Å². The fourth-order valence-corrected chi connectivity index (χ4v) is 1.36. The number of rotatable bonds is 5. The molecule has 0 aliphatic rings. The first kappa shape index (κ1) is 11.9. The van der Waals surface area contributed by atoms with Gasteiger partial charge in [-0.2, -0.15) is 0 Å². The van der Waals surface area contributed by atoms with Crippen LogP contribution in [0.3, 0.4) is 0 Å². The smallest absolute Gasteiger partial charge is 0.175 e. The molecular formula is C9H10Cl2N4. The zero-order valence-corrected chi connectivity index (χ0v) is 9.54. The van der Waals surface area contributed by atoms with Gasteiger partial charge in [-0.3, -0.25) is 0 Å². The molecule has 0 unspecified atom stereocenters. The lowest BCUT2D eigenvalue weighted by atomic mass is 10.4. The van der Waals surface area contributed by atoms with Gasteiger partial charge in [0.1, 0.15) is 5.02 Å². The maximum atomic E-state index is 5.95. The van der Waals surface area contributed by atoms with Crippen molar-refractivity contribution in [3.63, 3.8) is 0 Å². The van der Waals surface area contributed by atoms with Crippen molar-refractivity contribution in [2.24, 2.45) is 0 Å². The number of hydrogen-bond acceptors (Lipinski definition) is 4.